The first-order valence-electron chi connectivity index (χ1n) is 9.85. The molecule has 0 aromatic carbocycles. The van der Waals surface area contributed by atoms with E-state index in [9.17, 15) is 8.42 Å². The number of pyridine rings is 1. The number of aromatic nitrogens is 1. The molecule has 1 fully saturated rings. The van der Waals surface area contributed by atoms with Crippen LogP contribution in [0.5, 0.6) is 0 Å². The van der Waals surface area contributed by atoms with Crippen molar-refractivity contribution in [3.8, 4) is 0 Å². The lowest BCUT2D eigenvalue weighted by atomic mass is 10.1. The number of guanidine groups is 1. The van der Waals surface area contributed by atoms with E-state index in [0.717, 1.165) is 49.9 Å². The summed E-state index contributed by atoms with van der Waals surface area (Å²) in [5.41, 5.74) is 0.930. The lowest BCUT2D eigenvalue weighted by Crippen LogP contribution is -2.49. The van der Waals surface area contributed by atoms with Gasteiger partial charge in [-0.25, -0.2) is 18.4 Å². The number of hydrogen-bond acceptors (Lipinski definition) is 6. The van der Waals surface area contributed by atoms with Gasteiger partial charge in [0.1, 0.15) is 15.7 Å². The predicted octanol–water partition coefficient (Wildman–Crippen LogP) is 0.712. The molecule has 0 unspecified atom stereocenters. The van der Waals surface area contributed by atoms with E-state index in [-0.39, 0.29) is 5.75 Å². The lowest BCUT2D eigenvalue weighted by Gasteiger charge is -2.32. The summed E-state index contributed by atoms with van der Waals surface area (Å²) < 4.78 is 22.7. The molecule has 2 rings (SSSR count). The Labute approximate surface area is 169 Å². The van der Waals surface area contributed by atoms with Crippen LogP contribution in [-0.2, 0) is 16.4 Å². The Morgan fingerprint density at radius 1 is 1.32 bits per heavy atom. The van der Waals surface area contributed by atoms with Crippen LogP contribution in [0, 0.1) is 0 Å². The number of nitrogens with zero attached hydrogens (tertiary/aromatic N) is 4. The zero-order valence-corrected chi connectivity index (χ0v) is 18.3. The van der Waals surface area contributed by atoms with Gasteiger partial charge in [-0.3, -0.25) is 0 Å². The molecular weight excluding hydrogens is 376 g/mol. The topological polar surface area (TPSA) is 89.9 Å². The minimum absolute atomic E-state index is 0.230. The van der Waals surface area contributed by atoms with Crippen LogP contribution in [0.4, 0.5) is 5.82 Å². The van der Waals surface area contributed by atoms with Crippen LogP contribution in [0.2, 0.25) is 0 Å². The van der Waals surface area contributed by atoms with E-state index in [2.05, 4.69) is 32.4 Å². The quantitative estimate of drug-likeness (QED) is 0.482. The fraction of sp³-hybridized carbons (Fsp3) is 0.684. The molecule has 0 spiro atoms. The number of piperidine rings is 1. The summed E-state index contributed by atoms with van der Waals surface area (Å²) in [5.74, 6) is 1.95. The maximum absolute atomic E-state index is 11.3. The SMILES string of the molecule is CCNC(=NCc1cccc(N(C)C)n1)NC1CCN(CCS(C)(=O)=O)CC1. The number of anilines is 1. The summed E-state index contributed by atoms with van der Waals surface area (Å²) in [6.45, 7) is 5.79. The van der Waals surface area contributed by atoms with Crippen molar-refractivity contribution in [1.82, 2.24) is 20.5 Å². The Balaban J connectivity index is 1.87. The summed E-state index contributed by atoms with van der Waals surface area (Å²) >= 11 is 0. The summed E-state index contributed by atoms with van der Waals surface area (Å²) in [5, 5.41) is 6.81. The number of likely N-dealkylation sites (tertiary alicyclic amines) is 1. The van der Waals surface area contributed by atoms with Gasteiger partial charge < -0.3 is 20.4 Å². The fourth-order valence-corrected chi connectivity index (χ4v) is 3.66. The van der Waals surface area contributed by atoms with E-state index < -0.39 is 9.84 Å². The minimum Gasteiger partial charge on any atom is -0.363 e. The second-order valence-corrected chi connectivity index (χ2v) is 9.73. The molecule has 0 bridgehead atoms. The monoisotopic (exact) mass is 410 g/mol. The van der Waals surface area contributed by atoms with Crippen molar-refractivity contribution in [2.75, 3.05) is 57.2 Å². The highest BCUT2D eigenvalue weighted by Crippen LogP contribution is 2.11. The standard InChI is InChI=1S/C19H34N6O2S/c1-5-20-19(21-15-17-7-6-8-18(22-17)24(2)3)23-16-9-11-25(12-10-16)13-14-28(4,26)27/h6-8,16H,5,9-15H2,1-4H3,(H2,20,21,23). The third kappa shape index (κ3) is 8.02. The number of hydrogen-bond donors (Lipinski definition) is 2. The molecule has 9 heteroatoms. The molecule has 0 amide bonds. The molecule has 0 radical (unpaired) electrons. The molecular formula is C19H34N6O2S. The zero-order valence-electron chi connectivity index (χ0n) is 17.5. The molecule has 1 aromatic heterocycles. The molecule has 0 aliphatic carbocycles. The molecule has 2 N–H and O–H groups in total. The molecule has 8 nitrogen and oxygen atoms in total. The van der Waals surface area contributed by atoms with Crippen LogP contribution in [-0.4, -0.2) is 82.6 Å². The molecule has 0 saturated carbocycles. The third-order valence-electron chi connectivity index (χ3n) is 4.70. The van der Waals surface area contributed by atoms with Crippen molar-refractivity contribution in [2.24, 2.45) is 4.99 Å². The Morgan fingerprint density at radius 2 is 2.04 bits per heavy atom. The Kier molecular flexibility index (Phi) is 8.50. The highest BCUT2D eigenvalue weighted by Gasteiger charge is 2.20. The molecule has 158 valence electrons. The zero-order chi connectivity index (χ0) is 20.6. The Bertz CT molecular complexity index is 743. The highest BCUT2D eigenvalue weighted by molar-refractivity contribution is 7.90. The smallest absolute Gasteiger partial charge is 0.191 e. The number of sulfone groups is 1. The molecule has 0 atom stereocenters. The van der Waals surface area contributed by atoms with Crippen LogP contribution in [0.1, 0.15) is 25.5 Å². The largest absolute Gasteiger partial charge is 0.363 e. The fourth-order valence-electron chi connectivity index (χ4n) is 3.07. The van der Waals surface area contributed by atoms with Crippen LogP contribution in [0.25, 0.3) is 0 Å². The summed E-state index contributed by atoms with van der Waals surface area (Å²) in [7, 11) is 1.05. The van der Waals surface area contributed by atoms with E-state index in [1.807, 2.05) is 37.2 Å². The van der Waals surface area contributed by atoms with Gasteiger partial charge in [0.2, 0.25) is 0 Å². The molecule has 1 aliphatic rings. The number of aliphatic imine (C=N–C) groups is 1. The lowest BCUT2D eigenvalue weighted by molar-refractivity contribution is 0.216. The van der Waals surface area contributed by atoms with Crippen LogP contribution in [0.15, 0.2) is 23.2 Å². The van der Waals surface area contributed by atoms with Gasteiger partial charge in [0, 0.05) is 52.6 Å². The van der Waals surface area contributed by atoms with Gasteiger partial charge in [0.15, 0.2) is 5.96 Å². The molecule has 2 heterocycles. The van der Waals surface area contributed by atoms with E-state index in [1.54, 1.807) is 0 Å². The van der Waals surface area contributed by atoms with Crippen molar-refractivity contribution in [3.05, 3.63) is 23.9 Å². The van der Waals surface area contributed by atoms with Crippen molar-refractivity contribution in [1.29, 1.82) is 0 Å². The average Bonchev–Trinajstić information content (AvgIpc) is 2.65. The van der Waals surface area contributed by atoms with Crippen LogP contribution < -0.4 is 15.5 Å². The summed E-state index contributed by atoms with van der Waals surface area (Å²) in [4.78, 5) is 13.5. The maximum atomic E-state index is 11.3. The minimum atomic E-state index is -2.90. The van der Waals surface area contributed by atoms with Gasteiger partial charge in [-0.2, -0.15) is 0 Å². The van der Waals surface area contributed by atoms with Crippen LogP contribution >= 0.6 is 0 Å². The van der Waals surface area contributed by atoms with Crippen molar-refractivity contribution in [3.63, 3.8) is 0 Å². The van der Waals surface area contributed by atoms with E-state index in [4.69, 9.17) is 0 Å². The van der Waals surface area contributed by atoms with Gasteiger partial charge in [-0.1, -0.05) is 6.07 Å². The van der Waals surface area contributed by atoms with Crippen LogP contribution in [0.3, 0.4) is 0 Å². The molecule has 1 saturated heterocycles. The summed E-state index contributed by atoms with van der Waals surface area (Å²) in [6.07, 6.45) is 3.24. The van der Waals surface area contributed by atoms with Crippen molar-refractivity contribution >= 4 is 21.6 Å². The third-order valence-corrected chi connectivity index (χ3v) is 5.62. The Hall–Kier alpha value is -1.87. The van der Waals surface area contributed by atoms with Gasteiger partial charge in [-0.15, -0.1) is 0 Å². The second kappa shape index (κ2) is 10.6. The molecule has 1 aliphatic heterocycles. The van der Waals surface area contributed by atoms with Gasteiger partial charge >= 0.3 is 0 Å². The first-order chi connectivity index (χ1) is 13.3. The van der Waals surface area contributed by atoms with Gasteiger partial charge in [0.05, 0.1) is 18.0 Å². The van der Waals surface area contributed by atoms with Crippen molar-refractivity contribution < 1.29 is 8.42 Å². The maximum Gasteiger partial charge on any atom is 0.191 e. The van der Waals surface area contributed by atoms with Crippen molar-refractivity contribution in [2.45, 2.75) is 32.4 Å². The average molecular weight is 411 g/mol. The number of nitrogens with one attached hydrogen (secondary N) is 2. The molecule has 1 aromatic rings. The first kappa shape index (κ1) is 22.4. The second-order valence-electron chi connectivity index (χ2n) is 7.47. The first-order valence-corrected chi connectivity index (χ1v) is 11.9. The highest BCUT2D eigenvalue weighted by atomic mass is 32.2. The van der Waals surface area contributed by atoms with E-state index in [0.29, 0.717) is 19.1 Å². The number of rotatable bonds is 8. The van der Waals surface area contributed by atoms with Gasteiger partial charge in [-0.05, 0) is 31.9 Å². The normalized spacial score (nSPS) is 16.8. The van der Waals surface area contributed by atoms with E-state index >= 15 is 0 Å². The van der Waals surface area contributed by atoms with E-state index in [1.165, 1.54) is 6.26 Å². The predicted molar refractivity (Wildman–Crippen MR) is 116 cm³/mol. The molecule has 28 heavy (non-hydrogen) atoms. The summed E-state index contributed by atoms with van der Waals surface area (Å²) in [6, 6.07) is 6.31. The van der Waals surface area contributed by atoms with Gasteiger partial charge in [0.25, 0.3) is 0 Å². The Morgan fingerprint density at radius 3 is 2.64 bits per heavy atom.